The molecule has 0 atom stereocenters. The third kappa shape index (κ3) is 2.55. The summed E-state index contributed by atoms with van der Waals surface area (Å²) in [7, 11) is 0. The molecule has 0 radical (unpaired) electrons. The molecule has 0 aliphatic carbocycles. The third-order valence-corrected chi connectivity index (χ3v) is 2.10. The summed E-state index contributed by atoms with van der Waals surface area (Å²) < 4.78 is 0. The molecule has 0 unspecified atom stereocenters. The summed E-state index contributed by atoms with van der Waals surface area (Å²) in [6, 6.07) is 3.32. The lowest BCUT2D eigenvalue weighted by atomic mass is 10.1. The summed E-state index contributed by atoms with van der Waals surface area (Å²) in [5, 5.41) is 6.85. The van der Waals surface area contributed by atoms with Crippen LogP contribution < -0.4 is 0 Å². The Morgan fingerprint density at radius 2 is 1.53 bits per heavy atom. The van der Waals surface area contributed by atoms with Crippen LogP contribution in [0.15, 0.2) is 18.2 Å². The molecule has 78 valence electrons. The van der Waals surface area contributed by atoms with Gasteiger partial charge >= 0.3 is 5.97 Å². The zero-order valence-electron chi connectivity index (χ0n) is 7.16. The minimum absolute atomic E-state index is 0.110. The quantitative estimate of drug-likeness (QED) is 0.830. The predicted molar refractivity (Wildman–Crippen MR) is 53.8 cm³/mol. The molecule has 0 saturated carbocycles. The number of hydrogen-bond acceptors (Lipinski definition) is 3. The second-order valence-corrected chi connectivity index (χ2v) is 3.30. The van der Waals surface area contributed by atoms with Gasteiger partial charge in [-0.3, -0.25) is 9.59 Å². The normalized spacial score (nSPS) is 9.73. The highest BCUT2D eigenvalue weighted by molar-refractivity contribution is 6.72. The Morgan fingerprint density at radius 1 is 1.00 bits per heavy atom. The van der Waals surface area contributed by atoms with Gasteiger partial charge in [0.15, 0.2) is 0 Å². The van der Waals surface area contributed by atoms with Crippen molar-refractivity contribution in [2.24, 2.45) is 0 Å². The molecule has 0 aliphatic heterocycles. The molecular formula is C9H4Cl2O4. The first-order valence-corrected chi connectivity index (χ1v) is 4.46. The maximum atomic E-state index is 10.9. The maximum Gasteiger partial charge on any atom is 0.335 e. The van der Waals surface area contributed by atoms with Gasteiger partial charge in [-0.15, -0.1) is 0 Å². The lowest BCUT2D eigenvalue weighted by molar-refractivity contribution is 0.0696. The molecule has 15 heavy (non-hydrogen) atoms. The molecule has 0 bridgehead atoms. The van der Waals surface area contributed by atoms with Gasteiger partial charge in [0, 0.05) is 11.1 Å². The van der Waals surface area contributed by atoms with Crippen molar-refractivity contribution < 1.29 is 19.5 Å². The fourth-order valence-corrected chi connectivity index (χ4v) is 1.33. The van der Waals surface area contributed by atoms with Gasteiger partial charge in [-0.05, 0) is 41.4 Å². The molecule has 0 amide bonds. The average Bonchev–Trinajstić information content (AvgIpc) is 2.16. The van der Waals surface area contributed by atoms with Crippen molar-refractivity contribution in [3.8, 4) is 0 Å². The van der Waals surface area contributed by atoms with Crippen molar-refractivity contribution in [3.05, 3.63) is 34.9 Å². The van der Waals surface area contributed by atoms with E-state index in [2.05, 4.69) is 0 Å². The van der Waals surface area contributed by atoms with E-state index in [0.717, 1.165) is 12.1 Å². The van der Waals surface area contributed by atoms with E-state index in [0.29, 0.717) is 0 Å². The van der Waals surface area contributed by atoms with Crippen LogP contribution in [0.3, 0.4) is 0 Å². The molecule has 0 heterocycles. The fraction of sp³-hybridized carbons (Fsp3) is 0. The number of carbonyl (C=O) groups excluding carboxylic acids is 2. The highest BCUT2D eigenvalue weighted by atomic mass is 35.5. The highest BCUT2D eigenvalue weighted by Crippen LogP contribution is 2.16. The number of benzene rings is 1. The molecule has 0 spiro atoms. The molecule has 0 aromatic heterocycles. The van der Waals surface area contributed by atoms with Crippen LogP contribution in [-0.4, -0.2) is 21.6 Å². The second kappa shape index (κ2) is 4.42. The zero-order chi connectivity index (χ0) is 11.6. The Hall–Kier alpha value is -1.39. The first kappa shape index (κ1) is 11.7. The largest absolute Gasteiger partial charge is 0.478 e. The number of aromatic carboxylic acids is 1. The zero-order valence-corrected chi connectivity index (χ0v) is 8.67. The smallest absolute Gasteiger partial charge is 0.335 e. The van der Waals surface area contributed by atoms with E-state index >= 15 is 0 Å². The molecular weight excluding hydrogens is 243 g/mol. The minimum Gasteiger partial charge on any atom is -0.478 e. The lowest BCUT2D eigenvalue weighted by Gasteiger charge is -2.02. The molecule has 1 rings (SSSR count). The summed E-state index contributed by atoms with van der Waals surface area (Å²) >= 11 is 10.4. The van der Waals surface area contributed by atoms with Gasteiger partial charge in [-0.25, -0.2) is 4.79 Å². The van der Waals surface area contributed by atoms with Crippen molar-refractivity contribution in [1.29, 1.82) is 0 Å². The van der Waals surface area contributed by atoms with E-state index < -0.39 is 16.5 Å². The number of carbonyl (C=O) groups is 3. The predicted octanol–water partition coefficient (Wildman–Crippen LogP) is 2.14. The molecule has 0 fully saturated rings. The van der Waals surface area contributed by atoms with Gasteiger partial charge in [-0.2, -0.15) is 0 Å². The number of carboxylic acid groups (broad SMARTS) is 1. The van der Waals surface area contributed by atoms with Crippen LogP contribution in [0.1, 0.15) is 31.1 Å². The Balaban J connectivity index is 3.40. The Morgan fingerprint density at radius 3 is 1.93 bits per heavy atom. The fourth-order valence-electron chi connectivity index (χ4n) is 1.01. The first-order chi connectivity index (χ1) is 6.93. The molecule has 4 nitrogen and oxygen atoms in total. The van der Waals surface area contributed by atoms with Crippen LogP contribution in [0.4, 0.5) is 0 Å². The van der Waals surface area contributed by atoms with Gasteiger partial charge < -0.3 is 5.11 Å². The van der Waals surface area contributed by atoms with Crippen LogP contribution in [-0.2, 0) is 0 Å². The number of rotatable bonds is 3. The van der Waals surface area contributed by atoms with E-state index in [1.165, 1.54) is 6.07 Å². The van der Waals surface area contributed by atoms with E-state index in [9.17, 15) is 14.4 Å². The van der Waals surface area contributed by atoms with Crippen molar-refractivity contribution >= 4 is 39.7 Å². The first-order valence-electron chi connectivity index (χ1n) is 3.70. The summed E-state index contributed by atoms with van der Waals surface area (Å²) in [6.07, 6.45) is 0. The molecule has 0 saturated heterocycles. The van der Waals surface area contributed by atoms with Crippen molar-refractivity contribution in [3.63, 3.8) is 0 Å². The van der Waals surface area contributed by atoms with Gasteiger partial charge in [-0.1, -0.05) is 0 Å². The number of halogens is 2. The van der Waals surface area contributed by atoms with Gasteiger partial charge in [0.25, 0.3) is 10.5 Å². The number of carboxylic acids is 1. The maximum absolute atomic E-state index is 10.9. The van der Waals surface area contributed by atoms with E-state index in [1.54, 1.807) is 0 Å². The van der Waals surface area contributed by atoms with E-state index in [1.807, 2.05) is 0 Å². The summed E-state index contributed by atoms with van der Waals surface area (Å²) in [5.74, 6) is -1.22. The van der Waals surface area contributed by atoms with Crippen LogP contribution >= 0.6 is 23.2 Å². The van der Waals surface area contributed by atoms with Crippen LogP contribution in [0.25, 0.3) is 0 Å². The average molecular weight is 247 g/mol. The lowest BCUT2D eigenvalue weighted by Crippen LogP contribution is -2.05. The summed E-state index contributed by atoms with van der Waals surface area (Å²) in [6.45, 7) is 0. The molecule has 1 aromatic rings. The van der Waals surface area contributed by atoms with E-state index in [4.69, 9.17) is 28.3 Å². The van der Waals surface area contributed by atoms with Crippen molar-refractivity contribution in [2.75, 3.05) is 0 Å². The number of hydrogen-bond donors (Lipinski definition) is 1. The molecule has 6 heteroatoms. The summed E-state index contributed by atoms with van der Waals surface area (Å²) in [4.78, 5) is 32.4. The second-order valence-electron chi connectivity index (χ2n) is 2.61. The van der Waals surface area contributed by atoms with Gasteiger partial charge in [0.2, 0.25) is 0 Å². The highest BCUT2D eigenvalue weighted by Gasteiger charge is 2.16. The van der Waals surface area contributed by atoms with Crippen molar-refractivity contribution in [1.82, 2.24) is 0 Å². The SMILES string of the molecule is O=C(O)c1ccc(C(=O)Cl)c(C(=O)Cl)c1. The van der Waals surface area contributed by atoms with Crippen LogP contribution in [0, 0.1) is 0 Å². The Labute approximate surface area is 94.4 Å². The van der Waals surface area contributed by atoms with Crippen LogP contribution in [0.5, 0.6) is 0 Å². The van der Waals surface area contributed by atoms with Crippen LogP contribution in [0.2, 0.25) is 0 Å². The minimum atomic E-state index is -1.22. The molecule has 1 N–H and O–H groups in total. The van der Waals surface area contributed by atoms with Gasteiger partial charge in [0.1, 0.15) is 0 Å². The monoisotopic (exact) mass is 246 g/mol. The summed E-state index contributed by atoms with van der Waals surface area (Å²) in [5.41, 5.74) is -0.459. The van der Waals surface area contributed by atoms with E-state index in [-0.39, 0.29) is 16.7 Å². The van der Waals surface area contributed by atoms with Crippen molar-refractivity contribution in [2.45, 2.75) is 0 Å². The van der Waals surface area contributed by atoms with Gasteiger partial charge in [0.05, 0.1) is 5.56 Å². The third-order valence-electron chi connectivity index (χ3n) is 1.69. The Kier molecular flexibility index (Phi) is 3.44. The standard InChI is InChI=1S/C9H4Cl2O4/c10-7(12)5-2-1-4(9(14)15)3-6(5)8(11)13/h1-3H,(H,14,15). The Bertz CT molecular complexity index is 453. The molecule has 1 aromatic carbocycles. The topological polar surface area (TPSA) is 71.4 Å². The molecule has 0 aliphatic rings.